The number of hydrogen-bond acceptors (Lipinski definition) is 3. The SMILES string of the molecule is CN1CCN(c2c(Br)cncc2C(F)F)CC1. The molecule has 0 bridgehead atoms. The summed E-state index contributed by atoms with van der Waals surface area (Å²) in [6, 6.07) is 0. The van der Waals surface area contributed by atoms with Crippen molar-refractivity contribution in [3.05, 3.63) is 22.4 Å². The zero-order valence-electron chi connectivity index (χ0n) is 9.54. The highest BCUT2D eigenvalue weighted by Gasteiger charge is 2.23. The molecule has 0 N–H and O–H groups in total. The number of nitrogens with zero attached hydrogens (tertiary/aromatic N) is 3. The number of piperazine rings is 1. The van der Waals surface area contributed by atoms with Gasteiger partial charge in [0.1, 0.15) is 0 Å². The monoisotopic (exact) mass is 305 g/mol. The number of pyridine rings is 1. The highest BCUT2D eigenvalue weighted by Crippen LogP contribution is 2.35. The Bertz CT molecular complexity index is 392. The smallest absolute Gasteiger partial charge is 0.267 e. The average Bonchev–Trinajstić information content (AvgIpc) is 2.30. The highest BCUT2D eigenvalue weighted by atomic mass is 79.9. The molecule has 1 aliphatic heterocycles. The number of halogens is 3. The van der Waals surface area contributed by atoms with Crippen LogP contribution >= 0.6 is 15.9 Å². The van der Waals surface area contributed by atoms with Crippen molar-refractivity contribution < 1.29 is 8.78 Å². The molecular formula is C11H14BrF2N3. The lowest BCUT2D eigenvalue weighted by molar-refractivity contribution is 0.151. The fourth-order valence-corrected chi connectivity index (χ4v) is 2.56. The van der Waals surface area contributed by atoms with Crippen LogP contribution in [-0.2, 0) is 0 Å². The molecule has 0 aromatic carbocycles. The topological polar surface area (TPSA) is 19.4 Å². The lowest BCUT2D eigenvalue weighted by Gasteiger charge is -2.35. The Hall–Kier alpha value is -0.750. The van der Waals surface area contributed by atoms with Crippen molar-refractivity contribution in [3.63, 3.8) is 0 Å². The number of likely N-dealkylation sites (N-methyl/N-ethyl adjacent to an activating group) is 1. The predicted molar refractivity (Wildman–Crippen MR) is 66.6 cm³/mol. The van der Waals surface area contributed by atoms with Crippen LogP contribution in [0.25, 0.3) is 0 Å². The Kier molecular flexibility index (Phi) is 3.93. The van der Waals surface area contributed by atoms with Gasteiger partial charge in [-0.1, -0.05) is 0 Å². The lowest BCUT2D eigenvalue weighted by atomic mass is 10.2. The van der Waals surface area contributed by atoms with Crippen LogP contribution in [0.4, 0.5) is 14.5 Å². The molecule has 94 valence electrons. The molecule has 3 nitrogen and oxygen atoms in total. The summed E-state index contributed by atoms with van der Waals surface area (Å²) >= 11 is 3.31. The minimum Gasteiger partial charge on any atom is -0.368 e. The van der Waals surface area contributed by atoms with Crippen LogP contribution in [-0.4, -0.2) is 43.1 Å². The summed E-state index contributed by atoms with van der Waals surface area (Å²) < 4.78 is 26.5. The van der Waals surface area contributed by atoms with Crippen LogP contribution in [0, 0.1) is 0 Å². The van der Waals surface area contributed by atoms with E-state index in [1.165, 1.54) is 6.20 Å². The van der Waals surface area contributed by atoms with E-state index in [4.69, 9.17) is 0 Å². The first kappa shape index (κ1) is 12.7. The Balaban J connectivity index is 2.30. The lowest BCUT2D eigenvalue weighted by Crippen LogP contribution is -2.45. The molecule has 1 fully saturated rings. The molecule has 0 radical (unpaired) electrons. The van der Waals surface area contributed by atoms with E-state index in [1.807, 2.05) is 11.9 Å². The minimum atomic E-state index is -2.49. The molecular weight excluding hydrogens is 292 g/mol. The summed E-state index contributed by atoms with van der Waals surface area (Å²) in [5, 5.41) is 0. The van der Waals surface area contributed by atoms with Crippen molar-refractivity contribution >= 4 is 21.6 Å². The maximum Gasteiger partial charge on any atom is 0.267 e. The van der Waals surface area contributed by atoms with E-state index in [0.29, 0.717) is 10.2 Å². The van der Waals surface area contributed by atoms with Crippen molar-refractivity contribution in [2.24, 2.45) is 0 Å². The normalized spacial score (nSPS) is 17.8. The van der Waals surface area contributed by atoms with Gasteiger partial charge in [0, 0.05) is 38.6 Å². The Morgan fingerprint density at radius 3 is 2.47 bits per heavy atom. The van der Waals surface area contributed by atoms with Crippen LogP contribution in [0.3, 0.4) is 0 Å². The summed E-state index contributed by atoms with van der Waals surface area (Å²) in [5.41, 5.74) is 0.590. The molecule has 2 heterocycles. The third-order valence-electron chi connectivity index (χ3n) is 2.96. The third kappa shape index (κ3) is 2.74. The first-order valence-corrected chi connectivity index (χ1v) is 6.24. The predicted octanol–water partition coefficient (Wildman–Crippen LogP) is 2.53. The first-order chi connectivity index (χ1) is 8.09. The largest absolute Gasteiger partial charge is 0.368 e. The first-order valence-electron chi connectivity index (χ1n) is 5.44. The van der Waals surface area contributed by atoms with Crippen LogP contribution < -0.4 is 4.90 Å². The molecule has 0 spiro atoms. The molecule has 1 aliphatic rings. The van der Waals surface area contributed by atoms with Crippen LogP contribution in [0.1, 0.15) is 12.0 Å². The summed E-state index contributed by atoms with van der Waals surface area (Å²) in [4.78, 5) is 7.99. The minimum absolute atomic E-state index is 0.00364. The molecule has 1 aromatic rings. The third-order valence-corrected chi connectivity index (χ3v) is 3.54. The molecule has 0 saturated carbocycles. The van der Waals surface area contributed by atoms with Gasteiger partial charge in [0.15, 0.2) is 0 Å². The molecule has 2 rings (SSSR count). The van der Waals surface area contributed by atoms with E-state index in [2.05, 4.69) is 25.8 Å². The van der Waals surface area contributed by atoms with E-state index in [9.17, 15) is 8.78 Å². The molecule has 1 aromatic heterocycles. The van der Waals surface area contributed by atoms with Crippen LogP contribution in [0.5, 0.6) is 0 Å². The van der Waals surface area contributed by atoms with Gasteiger partial charge in [-0.25, -0.2) is 8.78 Å². The number of rotatable bonds is 2. The maximum absolute atomic E-state index is 12.9. The molecule has 17 heavy (non-hydrogen) atoms. The van der Waals surface area contributed by atoms with Gasteiger partial charge in [0.25, 0.3) is 6.43 Å². The fourth-order valence-electron chi connectivity index (χ4n) is 1.97. The fraction of sp³-hybridized carbons (Fsp3) is 0.545. The average molecular weight is 306 g/mol. The maximum atomic E-state index is 12.9. The molecule has 1 saturated heterocycles. The van der Waals surface area contributed by atoms with E-state index >= 15 is 0 Å². The number of anilines is 1. The molecule has 6 heteroatoms. The quantitative estimate of drug-likeness (QED) is 0.837. The zero-order chi connectivity index (χ0) is 12.4. The standard InChI is InChI=1S/C11H14BrF2N3/c1-16-2-4-17(5-3-16)10-8(11(13)14)6-15-7-9(10)12/h6-7,11H,2-5H2,1H3. The van der Waals surface area contributed by atoms with Gasteiger partial charge in [-0.15, -0.1) is 0 Å². The summed E-state index contributed by atoms with van der Waals surface area (Å²) in [6.45, 7) is 3.30. The Labute approximate surface area is 108 Å². The molecule has 0 amide bonds. The van der Waals surface area contributed by atoms with Crippen molar-refractivity contribution in [2.75, 3.05) is 38.1 Å². The number of alkyl halides is 2. The van der Waals surface area contributed by atoms with Gasteiger partial charge in [-0.2, -0.15) is 0 Å². The second-order valence-corrected chi connectivity index (χ2v) is 5.00. The summed E-state index contributed by atoms with van der Waals surface area (Å²) in [6.07, 6.45) is 0.331. The van der Waals surface area contributed by atoms with Crippen molar-refractivity contribution in [1.82, 2.24) is 9.88 Å². The van der Waals surface area contributed by atoms with Crippen molar-refractivity contribution in [3.8, 4) is 0 Å². The van der Waals surface area contributed by atoms with Gasteiger partial charge in [0.2, 0.25) is 0 Å². The second-order valence-electron chi connectivity index (χ2n) is 4.15. The van der Waals surface area contributed by atoms with E-state index < -0.39 is 6.43 Å². The number of hydrogen-bond donors (Lipinski definition) is 0. The van der Waals surface area contributed by atoms with E-state index in [1.54, 1.807) is 6.20 Å². The van der Waals surface area contributed by atoms with Crippen LogP contribution in [0.2, 0.25) is 0 Å². The van der Waals surface area contributed by atoms with Gasteiger partial charge in [-0.05, 0) is 23.0 Å². The molecule has 0 aliphatic carbocycles. The van der Waals surface area contributed by atoms with Crippen molar-refractivity contribution in [2.45, 2.75) is 6.43 Å². The van der Waals surface area contributed by atoms with Gasteiger partial charge in [-0.3, -0.25) is 4.98 Å². The zero-order valence-corrected chi connectivity index (χ0v) is 11.1. The summed E-state index contributed by atoms with van der Waals surface area (Å²) in [7, 11) is 2.03. The Morgan fingerprint density at radius 1 is 1.24 bits per heavy atom. The number of aromatic nitrogens is 1. The summed E-state index contributed by atoms with van der Waals surface area (Å²) in [5.74, 6) is 0. The van der Waals surface area contributed by atoms with E-state index in [-0.39, 0.29) is 5.56 Å². The molecule has 0 atom stereocenters. The van der Waals surface area contributed by atoms with Gasteiger partial charge < -0.3 is 9.80 Å². The van der Waals surface area contributed by atoms with Crippen molar-refractivity contribution in [1.29, 1.82) is 0 Å². The van der Waals surface area contributed by atoms with Gasteiger partial charge in [0.05, 0.1) is 15.7 Å². The van der Waals surface area contributed by atoms with Crippen LogP contribution in [0.15, 0.2) is 16.9 Å². The van der Waals surface area contributed by atoms with E-state index in [0.717, 1.165) is 26.2 Å². The van der Waals surface area contributed by atoms with Gasteiger partial charge >= 0.3 is 0 Å². The highest BCUT2D eigenvalue weighted by molar-refractivity contribution is 9.10. The second kappa shape index (κ2) is 5.27. The Morgan fingerprint density at radius 2 is 1.88 bits per heavy atom. The molecule has 0 unspecified atom stereocenters.